The zero-order valence-corrected chi connectivity index (χ0v) is 16.5. The number of benzene rings is 1. The number of fused-ring (bicyclic) bond motifs is 1. The van der Waals surface area contributed by atoms with E-state index in [0.717, 1.165) is 31.2 Å². The summed E-state index contributed by atoms with van der Waals surface area (Å²) >= 11 is 1.83. The number of hydrogen-bond acceptors (Lipinski definition) is 2. The standard InChI is InChI=1S/C16H24N4S.HI/c1-12-5-4-6-14-13(11-20-15(12)14)7-8-18-16(17-2)19-9-10-21-3;/h4-6,11,20H,7-10H2,1-3H3,(H2,17,18,19);1H. The number of nitrogens with one attached hydrogen (secondary N) is 3. The Morgan fingerprint density at radius 1 is 1.27 bits per heavy atom. The van der Waals surface area contributed by atoms with E-state index in [1.54, 1.807) is 0 Å². The average molecular weight is 432 g/mol. The van der Waals surface area contributed by atoms with Crippen LogP contribution in [0.1, 0.15) is 11.1 Å². The first-order chi connectivity index (χ1) is 10.3. The van der Waals surface area contributed by atoms with E-state index < -0.39 is 0 Å². The predicted octanol–water partition coefficient (Wildman–Crippen LogP) is 3.16. The van der Waals surface area contributed by atoms with Crippen LogP contribution in [0.25, 0.3) is 10.9 Å². The van der Waals surface area contributed by atoms with Crippen molar-refractivity contribution in [2.75, 3.05) is 32.1 Å². The Hall–Kier alpha value is -0.890. The Kier molecular flexibility index (Phi) is 8.70. The molecular formula is C16H25IN4S. The van der Waals surface area contributed by atoms with Gasteiger partial charge in [0.15, 0.2) is 5.96 Å². The van der Waals surface area contributed by atoms with E-state index in [1.165, 1.54) is 22.0 Å². The Labute approximate surface area is 154 Å². The molecule has 0 radical (unpaired) electrons. The fourth-order valence-corrected chi connectivity index (χ4v) is 2.68. The first-order valence-electron chi connectivity index (χ1n) is 7.25. The van der Waals surface area contributed by atoms with Gasteiger partial charge in [-0.3, -0.25) is 4.99 Å². The fourth-order valence-electron chi connectivity index (χ4n) is 2.38. The fraction of sp³-hybridized carbons (Fsp3) is 0.438. The van der Waals surface area contributed by atoms with Crippen LogP contribution >= 0.6 is 35.7 Å². The van der Waals surface area contributed by atoms with Crippen LogP contribution in [-0.4, -0.2) is 43.1 Å². The van der Waals surface area contributed by atoms with Gasteiger partial charge in [-0.15, -0.1) is 24.0 Å². The molecule has 2 aromatic rings. The molecule has 0 bridgehead atoms. The van der Waals surface area contributed by atoms with Crippen molar-refractivity contribution in [1.29, 1.82) is 0 Å². The molecule has 0 saturated heterocycles. The van der Waals surface area contributed by atoms with Crippen molar-refractivity contribution in [1.82, 2.24) is 15.6 Å². The molecular weight excluding hydrogens is 407 g/mol. The number of halogens is 1. The number of thioether (sulfide) groups is 1. The Morgan fingerprint density at radius 3 is 2.77 bits per heavy atom. The van der Waals surface area contributed by atoms with Crippen LogP contribution in [-0.2, 0) is 6.42 Å². The highest BCUT2D eigenvalue weighted by Gasteiger charge is 2.05. The Balaban J connectivity index is 0.00000242. The first kappa shape index (κ1) is 19.2. The van der Waals surface area contributed by atoms with Crippen molar-refractivity contribution < 1.29 is 0 Å². The molecule has 22 heavy (non-hydrogen) atoms. The van der Waals surface area contributed by atoms with Crippen molar-refractivity contribution in [3.05, 3.63) is 35.5 Å². The van der Waals surface area contributed by atoms with Crippen LogP contribution in [0.5, 0.6) is 0 Å². The van der Waals surface area contributed by atoms with Crippen LogP contribution in [0, 0.1) is 6.92 Å². The van der Waals surface area contributed by atoms with Crippen LogP contribution < -0.4 is 10.6 Å². The molecule has 0 unspecified atom stereocenters. The minimum atomic E-state index is 0. The van der Waals surface area contributed by atoms with Crippen molar-refractivity contribution in [2.45, 2.75) is 13.3 Å². The van der Waals surface area contributed by atoms with E-state index in [9.17, 15) is 0 Å². The molecule has 0 aliphatic rings. The lowest BCUT2D eigenvalue weighted by Gasteiger charge is -2.11. The molecule has 0 saturated carbocycles. The smallest absolute Gasteiger partial charge is 0.191 e. The lowest BCUT2D eigenvalue weighted by molar-refractivity contribution is 0.814. The summed E-state index contributed by atoms with van der Waals surface area (Å²) in [5.74, 6) is 1.96. The van der Waals surface area contributed by atoms with Gasteiger partial charge in [0.2, 0.25) is 0 Å². The molecule has 4 nitrogen and oxygen atoms in total. The maximum atomic E-state index is 4.23. The van der Waals surface area contributed by atoms with Crippen molar-refractivity contribution in [3.63, 3.8) is 0 Å². The number of hydrogen-bond donors (Lipinski definition) is 3. The molecule has 122 valence electrons. The summed E-state index contributed by atoms with van der Waals surface area (Å²) in [6.45, 7) is 3.95. The van der Waals surface area contributed by atoms with Gasteiger partial charge in [-0.1, -0.05) is 18.2 Å². The normalized spacial score (nSPS) is 11.3. The zero-order valence-electron chi connectivity index (χ0n) is 13.4. The number of H-pyrrole nitrogens is 1. The van der Waals surface area contributed by atoms with E-state index in [1.807, 2.05) is 18.8 Å². The molecule has 6 heteroatoms. The van der Waals surface area contributed by atoms with E-state index in [4.69, 9.17) is 0 Å². The van der Waals surface area contributed by atoms with E-state index in [-0.39, 0.29) is 24.0 Å². The largest absolute Gasteiger partial charge is 0.361 e. The highest BCUT2D eigenvalue weighted by molar-refractivity contribution is 14.0. The molecule has 0 spiro atoms. The summed E-state index contributed by atoms with van der Waals surface area (Å²) in [6.07, 6.45) is 5.20. The molecule has 1 aromatic carbocycles. The topological polar surface area (TPSA) is 52.2 Å². The zero-order chi connectivity index (χ0) is 15.1. The van der Waals surface area contributed by atoms with Crippen LogP contribution in [0.2, 0.25) is 0 Å². The van der Waals surface area contributed by atoms with Crippen LogP contribution in [0.15, 0.2) is 29.4 Å². The highest BCUT2D eigenvalue weighted by atomic mass is 127. The van der Waals surface area contributed by atoms with Crippen LogP contribution in [0.4, 0.5) is 0 Å². The summed E-state index contributed by atoms with van der Waals surface area (Å²) in [5, 5.41) is 7.99. The monoisotopic (exact) mass is 432 g/mol. The lowest BCUT2D eigenvalue weighted by atomic mass is 10.1. The van der Waals surface area contributed by atoms with Crippen molar-refractivity contribution >= 4 is 52.6 Å². The summed E-state index contributed by atoms with van der Waals surface area (Å²) in [6, 6.07) is 6.43. The number of aromatic nitrogens is 1. The molecule has 2 rings (SSSR count). The van der Waals surface area contributed by atoms with Gasteiger partial charge < -0.3 is 15.6 Å². The van der Waals surface area contributed by atoms with Crippen molar-refractivity contribution in [2.24, 2.45) is 4.99 Å². The second kappa shape index (κ2) is 9.99. The average Bonchev–Trinajstić information content (AvgIpc) is 2.90. The number of aliphatic imine (C=N–C) groups is 1. The number of guanidine groups is 1. The van der Waals surface area contributed by atoms with Gasteiger partial charge >= 0.3 is 0 Å². The van der Waals surface area contributed by atoms with Gasteiger partial charge in [-0.25, -0.2) is 0 Å². The summed E-state index contributed by atoms with van der Waals surface area (Å²) in [5.41, 5.74) is 3.89. The van der Waals surface area contributed by atoms with Gasteiger partial charge in [-0.05, 0) is 30.7 Å². The van der Waals surface area contributed by atoms with Gasteiger partial charge in [0.1, 0.15) is 0 Å². The number of rotatable bonds is 6. The number of para-hydroxylation sites is 1. The maximum absolute atomic E-state index is 4.23. The summed E-state index contributed by atoms with van der Waals surface area (Å²) in [7, 11) is 1.81. The lowest BCUT2D eigenvalue weighted by Crippen LogP contribution is -2.39. The maximum Gasteiger partial charge on any atom is 0.191 e. The molecule has 1 heterocycles. The third kappa shape index (κ3) is 5.08. The SMILES string of the molecule is CN=C(NCCSC)NCCc1c[nH]c2c(C)cccc12.I. The predicted molar refractivity (Wildman–Crippen MR) is 110 cm³/mol. The third-order valence-electron chi connectivity index (χ3n) is 3.52. The van der Waals surface area contributed by atoms with E-state index in [2.05, 4.69) is 58.2 Å². The van der Waals surface area contributed by atoms with Gasteiger partial charge in [0, 0.05) is 43.0 Å². The second-order valence-electron chi connectivity index (χ2n) is 4.98. The van der Waals surface area contributed by atoms with Crippen LogP contribution in [0.3, 0.4) is 0 Å². The number of aryl methyl sites for hydroxylation is 1. The number of nitrogens with zero attached hydrogens (tertiary/aromatic N) is 1. The Morgan fingerprint density at radius 2 is 2.05 bits per heavy atom. The first-order valence-corrected chi connectivity index (χ1v) is 8.64. The Bertz CT molecular complexity index is 609. The van der Waals surface area contributed by atoms with E-state index >= 15 is 0 Å². The third-order valence-corrected chi connectivity index (χ3v) is 4.13. The summed E-state index contributed by atoms with van der Waals surface area (Å²) < 4.78 is 0. The minimum Gasteiger partial charge on any atom is -0.361 e. The van der Waals surface area contributed by atoms with Gasteiger partial charge in [-0.2, -0.15) is 11.8 Å². The quantitative estimate of drug-likeness (QED) is 0.285. The van der Waals surface area contributed by atoms with Crippen molar-refractivity contribution in [3.8, 4) is 0 Å². The molecule has 0 amide bonds. The molecule has 0 aliphatic carbocycles. The highest BCUT2D eigenvalue weighted by Crippen LogP contribution is 2.21. The molecule has 1 aromatic heterocycles. The molecule has 0 aliphatic heterocycles. The van der Waals surface area contributed by atoms with Gasteiger partial charge in [0.25, 0.3) is 0 Å². The minimum absolute atomic E-state index is 0. The second-order valence-corrected chi connectivity index (χ2v) is 5.97. The molecule has 0 fully saturated rings. The molecule has 3 N–H and O–H groups in total. The number of aromatic amines is 1. The summed E-state index contributed by atoms with van der Waals surface area (Å²) in [4.78, 5) is 7.61. The van der Waals surface area contributed by atoms with E-state index in [0.29, 0.717) is 0 Å². The van der Waals surface area contributed by atoms with Gasteiger partial charge in [0.05, 0.1) is 0 Å². The molecule has 0 atom stereocenters.